The molecule has 0 radical (unpaired) electrons. The van der Waals surface area contributed by atoms with E-state index in [0.717, 1.165) is 37.9 Å². The first-order valence-corrected chi connectivity index (χ1v) is 14.0. The summed E-state index contributed by atoms with van der Waals surface area (Å²) in [5.41, 5.74) is 9.07. The summed E-state index contributed by atoms with van der Waals surface area (Å²) >= 11 is 0. The first-order chi connectivity index (χ1) is 20.1. The molecule has 0 amide bonds. The zero-order valence-electron chi connectivity index (χ0n) is 22.6. The maximum Gasteiger partial charge on any atom is 0.137 e. The zero-order valence-corrected chi connectivity index (χ0v) is 22.6. The molecular formula is C39H25NO. The minimum absolute atomic E-state index is 0.908. The number of benzene rings is 6. The summed E-state index contributed by atoms with van der Waals surface area (Å²) in [4.78, 5) is 0. The third-order valence-electron chi connectivity index (χ3n) is 8.84. The number of aryl methyl sites for hydroxylation is 1. The number of aromatic nitrogens is 1. The van der Waals surface area contributed by atoms with Crippen LogP contribution in [0.4, 0.5) is 0 Å². The Morgan fingerprint density at radius 2 is 1.37 bits per heavy atom. The molecule has 0 fully saturated rings. The van der Waals surface area contributed by atoms with Crippen molar-refractivity contribution < 1.29 is 4.42 Å². The fraction of sp³-hybridized carbons (Fsp3) is 0.0256. The Morgan fingerprint density at radius 3 is 2.27 bits per heavy atom. The van der Waals surface area contributed by atoms with E-state index >= 15 is 0 Å². The quantitative estimate of drug-likeness (QED) is 0.221. The van der Waals surface area contributed by atoms with Gasteiger partial charge in [0.05, 0.1) is 16.7 Å². The summed E-state index contributed by atoms with van der Waals surface area (Å²) in [6.45, 7) is 6.49. The van der Waals surface area contributed by atoms with E-state index in [9.17, 15) is 0 Å². The summed E-state index contributed by atoms with van der Waals surface area (Å²) in [5, 5.41) is 10.8. The van der Waals surface area contributed by atoms with Gasteiger partial charge in [-0.3, -0.25) is 0 Å². The second-order valence-corrected chi connectivity index (χ2v) is 11.1. The molecule has 9 aromatic rings. The highest BCUT2D eigenvalue weighted by atomic mass is 16.3. The molecule has 0 saturated heterocycles. The van der Waals surface area contributed by atoms with Crippen molar-refractivity contribution in [2.45, 2.75) is 6.92 Å². The fourth-order valence-corrected chi connectivity index (χ4v) is 6.74. The van der Waals surface area contributed by atoms with E-state index in [2.05, 4.69) is 133 Å². The molecule has 0 aliphatic rings. The van der Waals surface area contributed by atoms with Crippen molar-refractivity contribution in [3.63, 3.8) is 0 Å². The van der Waals surface area contributed by atoms with E-state index in [0.29, 0.717) is 0 Å². The summed E-state index contributed by atoms with van der Waals surface area (Å²) in [7, 11) is 0. The second-order valence-electron chi connectivity index (χ2n) is 11.1. The van der Waals surface area contributed by atoms with Gasteiger partial charge in [-0.25, -0.2) is 0 Å². The Labute approximate surface area is 236 Å². The summed E-state index contributed by atoms with van der Waals surface area (Å²) in [6, 6.07) is 41.3. The highest BCUT2D eigenvalue weighted by Crippen LogP contribution is 2.41. The minimum Gasteiger partial charge on any atom is -0.456 e. The molecule has 3 aromatic heterocycles. The molecule has 0 spiro atoms. The molecule has 0 aliphatic carbocycles. The van der Waals surface area contributed by atoms with Crippen LogP contribution >= 0.6 is 0 Å². The molecule has 9 rings (SSSR count). The van der Waals surface area contributed by atoms with Crippen molar-refractivity contribution in [1.82, 2.24) is 4.40 Å². The first-order valence-electron chi connectivity index (χ1n) is 14.0. The van der Waals surface area contributed by atoms with Crippen molar-refractivity contribution in [2.75, 3.05) is 0 Å². The van der Waals surface area contributed by atoms with E-state index in [1.54, 1.807) is 0 Å². The molecule has 0 unspecified atom stereocenters. The number of nitrogens with zero attached hydrogens (tertiary/aromatic N) is 1. The van der Waals surface area contributed by atoms with Gasteiger partial charge in [-0.15, -0.1) is 0 Å². The van der Waals surface area contributed by atoms with Gasteiger partial charge in [0.15, 0.2) is 0 Å². The summed E-state index contributed by atoms with van der Waals surface area (Å²) in [5.74, 6) is 0. The van der Waals surface area contributed by atoms with Crippen LogP contribution in [0.1, 0.15) is 11.3 Å². The van der Waals surface area contributed by atoms with Crippen molar-refractivity contribution in [3.05, 3.63) is 137 Å². The smallest absolute Gasteiger partial charge is 0.137 e. The number of hydrogen-bond acceptors (Lipinski definition) is 1. The Kier molecular flexibility index (Phi) is 4.44. The van der Waals surface area contributed by atoms with Gasteiger partial charge in [-0.1, -0.05) is 91.5 Å². The van der Waals surface area contributed by atoms with Gasteiger partial charge < -0.3 is 8.82 Å². The lowest BCUT2D eigenvalue weighted by atomic mass is 10.00. The number of rotatable bonds is 2. The fourth-order valence-electron chi connectivity index (χ4n) is 6.74. The van der Waals surface area contributed by atoms with E-state index in [4.69, 9.17) is 4.42 Å². The predicted molar refractivity (Wildman–Crippen MR) is 173 cm³/mol. The molecule has 0 atom stereocenters. The normalized spacial score (nSPS) is 12.8. The van der Waals surface area contributed by atoms with Gasteiger partial charge >= 0.3 is 0 Å². The molecule has 2 nitrogen and oxygen atoms in total. The van der Waals surface area contributed by atoms with Crippen LogP contribution in [0, 0.1) is 6.92 Å². The molecule has 192 valence electrons. The predicted octanol–water partition coefficient (Wildman–Crippen LogP) is 8.95. The van der Waals surface area contributed by atoms with Crippen LogP contribution in [0.15, 0.2) is 120 Å². The molecule has 0 bridgehead atoms. The molecular weight excluding hydrogens is 498 g/mol. The minimum atomic E-state index is 0.908. The van der Waals surface area contributed by atoms with Crippen LogP contribution in [0.2, 0.25) is 0 Å². The molecule has 3 heterocycles. The lowest BCUT2D eigenvalue weighted by Crippen LogP contribution is -2.22. The molecule has 41 heavy (non-hydrogen) atoms. The molecule has 0 aliphatic heterocycles. The first kappa shape index (κ1) is 22.5. The molecule has 6 aromatic carbocycles. The third kappa shape index (κ3) is 3.13. The SMILES string of the molecule is C=c1cccc/c1=C/c1c(C)c2cccc3c4cc5c(cc4n1c23)oc1cc(-c2ccc3ccccc3c2)ccc15. The van der Waals surface area contributed by atoms with E-state index in [-0.39, 0.29) is 0 Å². The van der Waals surface area contributed by atoms with Crippen LogP contribution in [0.5, 0.6) is 0 Å². The van der Waals surface area contributed by atoms with Gasteiger partial charge in [-0.2, -0.15) is 0 Å². The maximum absolute atomic E-state index is 6.57. The lowest BCUT2D eigenvalue weighted by molar-refractivity contribution is 0.669. The van der Waals surface area contributed by atoms with Gasteiger partial charge in [-0.05, 0) is 75.2 Å². The zero-order chi connectivity index (χ0) is 27.2. The largest absolute Gasteiger partial charge is 0.456 e. The number of para-hydroxylation sites is 1. The Balaban J connectivity index is 1.31. The number of hydrogen-bond donors (Lipinski definition) is 0. The Morgan fingerprint density at radius 1 is 0.610 bits per heavy atom. The second kappa shape index (κ2) is 8.09. The average molecular weight is 524 g/mol. The molecule has 0 N–H and O–H groups in total. The van der Waals surface area contributed by atoms with Crippen LogP contribution in [-0.2, 0) is 0 Å². The highest BCUT2D eigenvalue weighted by Gasteiger charge is 2.20. The number of fused-ring (bicyclic) bond motifs is 7. The molecule has 2 heteroatoms. The van der Waals surface area contributed by atoms with Gasteiger partial charge in [0.25, 0.3) is 0 Å². The van der Waals surface area contributed by atoms with Crippen LogP contribution < -0.4 is 10.4 Å². The Hall–Kier alpha value is -5.34. The third-order valence-corrected chi connectivity index (χ3v) is 8.84. The van der Waals surface area contributed by atoms with Crippen LogP contribution in [0.25, 0.3) is 83.7 Å². The van der Waals surface area contributed by atoms with E-state index in [1.807, 2.05) is 6.07 Å². The number of furan rings is 1. The van der Waals surface area contributed by atoms with Crippen molar-refractivity contribution >= 4 is 72.6 Å². The molecule has 0 saturated carbocycles. The highest BCUT2D eigenvalue weighted by molar-refractivity contribution is 6.21. The van der Waals surface area contributed by atoms with Gasteiger partial charge in [0.2, 0.25) is 0 Å². The average Bonchev–Trinajstić information content (AvgIpc) is 3.62. The monoisotopic (exact) mass is 523 g/mol. The van der Waals surface area contributed by atoms with E-state index in [1.165, 1.54) is 54.8 Å². The van der Waals surface area contributed by atoms with Gasteiger partial charge in [0.1, 0.15) is 11.2 Å². The van der Waals surface area contributed by atoms with Crippen molar-refractivity contribution in [2.24, 2.45) is 0 Å². The topological polar surface area (TPSA) is 17.6 Å². The van der Waals surface area contributed by atoms with E-state index < -0.39 is 0 Å². The maximum atomic E-state index is 6.57. The van der Waals surface area contributed by atoms with Crippen molar-refractivity contribution in [1.29, 1.82) is 0 Å². The van der Waals surface area contributed by atoms with Crippen LogP contribution in [0.3, 0.4) is 0 Å². The standard InChI is InChI=1S/C39H25NO/c1-23-8-3-4-10-26(23)19-35-24(2)30-12-7-13-32-33-21-34-31-17-16-29(28-15-14-25-9-5-6-11-27(25)18-28)20-37(31)41-38(34)22-36(33)40(35)39(30)32/h3-22H,1H2,2H3/b26-19-. The summed E-state index contributed by atoms with van der Waals surface area (Å²) in [6.07, 6.45) is 2.27. The van der Waals surface area contributed by atoms with Crippen LogP contribution in [-0.4, -0.2) is 4.40 Å². The Bertz CT molecular complexity index is 2610. The van der Waals surface area contributed by atoms with Crippen molar-refractivity contribution in [3.8, 4) is 11.1 Å². The lowest BCUT2D eigenvalue weighted by Gasteiger charge is -2.04. The van der Waals surface area contributed by atoms with Gasteiger partial charge in [0, 0.05) is 33.0 Å². The summed E-state index contributed by atoms with van der Waals surface area (Å²) < 4.78 is 8.98.